The fraction of sp³-hybridized carbons (Fsp3) is 0.286. The summed E-state index contributed by atoms with van der Waals surface area (Å²) in [7, 11) is 0. The van der Waals surface area contributed by atoms with Crippen LogP contribution in [0, 0.1) is 11.3 Å². The molecule has 1 aromatic heterocycles. The van der Waals surface area contributed by atoms with Crippen molar-refractivity contribution in [2.45, 2.75) is 13.1 Å². The van der Waals surface area contributed by atoms with Gasteiger partial charge in [0.2, 0.25) is 0 Å². The molecule has 2 rings (SSSR count). The van der Waals surface area contributed by atoms with E-state index in [0.29, 0.717) is 0 Å². The summed E-state index contributed by atoms with van der Waals surface area (Å²) in [5.74, 6) is 0. The van der Waals surface area contributed by atoms with E-state index >= 15 is 0 Å². The molecule has 0 N–H and O–H groups in total. The second-order valence-corrected chi connectivity index (χ2v) is 4.20. The molecule has 0 atom stereocenters. The Morgan fingerprint density at radius 1 is 1.64 bits per heavy atom. The molecule has 1 aromatic rings. The molecule has 2 nitrogen and oxygen atoms in total. The summed E-state index contributed by atoms with van der Waals surface area (Å²) in [6, 6.07) is 4.10. The maximum Gasteiger partial charge on any atom is 0.110 e. The predicted molar refractivity (Wildman–Crippen MR) is 47.3 cm³/mol. The first-order valence-electron chi connectivity index (χ1n) is 3.25. The van der Waals surface area contributed by atoms with Crippen LogP contribution in [0.2, 0.25) is 0 Å². The highest BCUT2D eigenvalue weighted by molar-refractivity contribution is 7.77. The maximum atomic E-state index is 8.59. The van der Waals surface area contributed by atoms with Crippen LogP contribution < -0.4 is 0 Å². The number of nitrogens with zero attached hydrogens (tertiary/aromatic N) is 2. The molecule has 0 bridgehead atoms. The highest BCUT2D eigenvalue weighted by Gasteiger charge is 2.19. The van der Waals surface area contributed by atoms with E-state index in [1.807, 2.05) is 10.4 Å². The first-order chi connectivity index (χ1) is 5.29. The average Bonchev–Trinajstić information content (AvgIpc) is 2.43. The minimum Gasteiger partial charge on any atom is -0.244 e. The van der Waals surface area contributed by atoms with E-state index in [0.717, 1.165) is 18.0 Å². The van der Waals surface area contributed by atoms with Crippen LogP contribution in [0.5, 0.6) is 0 Å². The number of rotatable bonds is 0. The zero-order valence-corrected chi connectivity index (χ0v) is 7.45. The van der Waals surface area contributed by atoms with E-state index in [1.165, 1.54) is 10.4 Å². The normalized spacial score (nSPS) is 16.4. The second-order valence-electron chi connectivity index (χ2n) is 2.49. The van der Waals surface area contributed by atoms with Crippen molar-refractivity contribution in [1.82, 2.24) is 4.31 Å². The first kappa shape index (κ1) is 7.17. The third kappa shape index (κ3) is 1.16. The molecule has 4 heteroatoms. The molecule has 11 heavy (non-hydrogen) atoms. The van der Waals surface area contributed by atoms with Gasteiger partial charge in [-0.1, -0.05) is 12.8 Å². The Balaban J connectivity index is 2.39. The molecule has 0 amide bonds. The van der Waals surface area contributed by atoms with Crippen molar-refractivity contribution in [3.05, 3.63) is 21.4 Å². The van der Waals surface area contributed by atoms with Crippen molar-refractivity contribution in [3.8, 4) is 6.07 Å². The van der Waals surface area contributed by atoms with Gasteiger partial charge in [0.15, 0.2) is 0 Å². The van der Waals surface area contributed by atoms with E-state index in [4.69, 9.17) is 5.26 Å². The fourth-order valence-corrected chi connectivity index (χ4v) is 2.58. The third-order valence-electron chi connectivity index (χ3n) is 1.69. The van der Waals surface area contributed by atoms with Crippen molar-refractivity contribution in [2.24, 2.45) is 0 Å². The number of nitriles is 1. The van der Waals surface area contributed by atoms with Gasteiger partial charge in [-0.25, -0.2) is 4.31 Å². The lowest BCUT2D eigenvalue weighted by molar-refractivity contribution is 0.518. The molecular formula is C7H6N2S2. The SMILES string of the molecule is N#Cc1cc2c(s1)CN(S)C2. The Bertz CT molecular complexity index is 300. The molecule has 0 unspecified atom stereocenters. The Hall–Kier alpha value is -0.500. The molecule has 0 saturated carbocycles. The minimum atomic E-state index is 0.816. The van der Waals surface area contributed by atoms with Gasteiger partial charge in [-0.3, -0.25) is 0 Å². The predicted octanol–water partition coefficient (Wildman–Crippen LogP) is 1.78. The van der Waals surface area contributed by atoms with Crippen LogP contribution in [0.3, 0.4) is 0 Å². The van der Waals surface area contributed by atoms with Crippen molar-refractivity contribution < 1.29 is 0 Å². The van der Waals surface area contributed by atoms with Crippen LogP contribution in [0.1, 0.15) is 15.3 Å². The summed E-state index contributed by atoms with van der Waals surface area (Å²) in [5.41, 5.74) is 1.27. The molecule has 0 saturated heterocycles. The van der Waals surface area contributed by atoms with Crippen LogP contribution in [0.15, 0.2) is 6.07 Å². The molecular weight excluding hydrogens is 176 g/mol. The first-order valence-corrected chi connectivity index (χ1v) is 4.47. The van der Waals surface area contributed by atoms with Crippen LogP contribution in [-0.2, 0) is 13.1 Å². The molecule has 0 spiro atoms. The lowest BCUT2D eigenvalue weighted by atomic mass is 10.3. The number of hydrogen-bond donors (Lipinski definition) is 1. The van der Waals surface area contributed by atoms with Gasteiger partial charge in [0.25, 0.3) is 0 Å². The van der Waals surface area contributed by atoms with Crippen LogP contribution in [-0.4, -0.2) is 4.31 Å². The Labute approximate surface area is 74.6 Å². The quantitative estimate of drug-likeness (QED) is 0.619. The summed E-state index contributed by atoms with van der Waals surface area (Å²) in [5, 5.41) is 8.59. The van der Waals surface area contributed by atoms with Crippen molar-refractivity contribution in [1.29, 1.82) is 5.26 Å². The van der Waals surface area contributed by atoms with E-state index < -0.39 is 0 Å². The lowest BCUT2D eigenvalue weighted by Crippen LogP contribution is -1.99. The molecule has 0 fully saturated rings. The van der Waals surface area contributed by atoms with Crippen molar-refractivity contribution >= 4 is 24.2 Å². The molecule has 1 aliphatic rings. The van der Waals surface area contributed by atoms with Crippen LogP contribution in [0.4, 0.5) is 0 Å². The zero-order valence-electron chi connectivity index (χ0n) is 5.74. The van der Waals surface area contributed by atoms with Crippen LogP contribution in [0.25, 0.3) is 0 Å². The molecule has 56 valence electrons. The Kier molecular flexibility index (Phi) is 1.64. The van der Waals surface area contributed by atoms with Gasteiger partial charge in [0.05, 0.1) is 0 Å². The number of thiol groups is 1. The summed E-state index contributed by atoms with van der Waals surface area (Å²) < 4.78 is 1.95. The molecule has 0 aromatic carbocycles. The molecule has 1 aliphatic heterocycles. The van der Waals surface area contributed by atoms with Crippen molar-refractivity contribution in [2.75, 3.05) is 0 Å². The summed E-state index contributed by atoms with van der Waals surface area (Å²) in [4.78, 5) is 2.10. The van der Waals surface area contributed by atoms with Crippen molar-refractivity contribution in [3.63, 3.8) is 0 Å². The summed E-state index contributed by atoms with van der Waals surface area (Å²) in [6.45, 7) is 1.75. The fourth-order valence-electron chi connectivity index (χ4n) is 1.21. The summed E-state index contributed by atoms with van der Waals surface area (Å²) >= 11 is 5.80. The van der Waals surface area contributed by atoms with Gasteiger partial charge in [0, 0.05) is 18.0 Å². The topological polar surface area (TPSA) is 27.0 Å². The average molecular weight is 182 g/mol. The highest BCUT2D eigenvalue weighted by Crippen LogP contribution is 2.31. The molecule has 0 aliphatic carbocycles. The zero-order chi connectivity index (χ0) is 7.84. The minimum absolute atomic E-state index is 0.816. The van der Waals surface area contributed by atoms with E-state index in [1.54, 1.807) is 11.3 Å². The Morgan fingerprint density at radius 3 is 3.09 bits per heavy atom. The number of thiophene rings is 1. The molecule has 2 heterocycles. The Morgan fingerprint density at radius 2 is 2.45 bits per heavy atom. The van der Waals surface area contributed by atoms with Crippen LogP contribution >= 0.6 is 24.2 Å². The lowest BCUT2D eigenvalue weighted by Gasteiger charge is -2.01. The van der Waals surface area contributed by atoms with Gasteiger partial charge in [-0.05, 0) is 11.6 Å². The number of hydrogen-bond acceptors (Lipinski definition) is 4. The van der Waals surface area contributed by atoms with Gasteiger partial charge in [-0.2, -0.15) is 5.26 Å². The van der Waals surface area contributed by atoms with Gasteiger partial charge in [-0.15, -0.1) is 11.3 Å². The third-order valence-corrected chi connectivity index (χ3v) is 3.04. The van der Waals surface area contributed by atoms with E-state index in [-0.39, 0.29) is 0 Å². The van der Waals surface area contributed by atoms with E-state index in [2.05, 4.69) is 18.9 Å². The largest absolute Gasteiger partial charge is 0.244 e. The van der Waals surface area contributed by atoms with Gasteiger partial charge >= 0.3 is 0 Å². The monoisotopic (exact) mass is 182 g/mol. The smallest absolute Gasteiger partial charge is 0.110 e. The maximum absolute atomic E-state index is 8.59. The van der Waals surface area contributed by atoms with Gasteiger partial charge < -0.3 is 0 Å². The standard InChI is InChI=1S/C7H6N2S2/c8-2-6-1-5-3-9(10)4-7(5)11-6/h1,10H,3-4H2. The highest BCUT2D eigenvalue weighted by atomic mass is 32.1. The van der Waals surface area contributed by atoms with Gasteiger partial charge in [0.1, 0.15) is 10.9 Å². The second kappa shape index (κ2) is 2.52. The van der Waals surface area contributed by atoms with E-state index in [9.17, 15) is 0 Å². The molecule has 0 radical (unpaired) electrons. The number of fused-ring (bicyclic) bond motifs is 1. The summed E-state index contributed by atoms with van der Waals surface area (Å²) in [6.07, 6.45) is 0.